The third-order valence-corrected chi connectivity index (χ3v) is 12.6. The SMILES string of the molecule is CC(=O)c1nc(N2CCc3cccc(C(=O)Nc4nc5ccccc5s4)c3C2)ccc1-c1cnn(CC23CC4CC(CC(C4)C2)C3)c1C. The minimum atomic E-state index is -0.165. The molecule has 48 heavy (non-hydrogen) atoms. The van der Waals surface area contributed by atoms with Crippen molar-refractivity contribution in [3.05, 3.63) is 88.9 Å². The summed E-state index contributed by atoms with van der Waals surface area (Å²) in [6.07, 6.45) is 11.0. The van der Waals surface area contributed by atoms with Crippen LogP contribution in [-0.4, -0.2) is 38.0 Å². The first kappa shape index (κ1) is 29.7. The minimum absolute atomic E-state index is 0.0617. The van der Waals surface area contributed by atoms with Crippen molar-refractivity contribution in [2.75, 3.05) is 16.8 Å². The molecule has 8 nitrogen and oxygen atoms in total. The second kappa shape index (κ2) is 11.4. The van der Waals surface area contributed by atoms with Crippen molar-refractivity contribution in [1.82, 2.24) is 19.7 Å². The molecule has 5 aromatic rings. The third-order valence-electron chi connectivity index (χ3n) is 11.6. The van der Waals surface area contributed by atoms with E-state index in [1.54, 1.807) is 6.92 Å². The Kier molecular flexibility index (Phi) is 7.04. The number of pyridine rings is 1. The Hall–Kier alpha value is -4.37. The molecular formula is C39H40N6O2S. The predicted molar refractivity (Wildman–Crippen MR) is 190 cm³/mol. The van der Waals surface area contributed by atoms with Gasteiger partial charge in [-0.1, -0.05) is 35.6 Å². The van der Waals surface area contributed by atoms with E-state index >= 15 is 0 Å². The molecule has 9 heteroatoms. The topological polar surface area (TPSA) is 93.0 Å². The number of aromatic nitrogens is 4. The van der Waals surface area contributed by atoms with Crippen LogP contribution in [0.4, 0.5) is 10.9 Å². The number of nitrogens with zero attached hydrogens (tertiary/aromatic N) is 5. The predicted octanol–water partition coefficient (Wildman–Crippen LogP) is 8.10. The van der Waals surface area contributed by atoms with Crippen LogP contribution in [0.25, 0.3) is 21.3 Å². The van der Waals surface area contributed by atoms with Crippen LogP contribution < -0.4 is 10.2 Å². The summed E-state index contributed by atoms with van der Waals surface area (Å²) in [6, 6.07) is 17.9. The second-order valence-corrected chi connectivity index (χ2v) is 15.9. The normalized spacial score (nSPS) is 24.2. The van der Waals surface area contributed by atoms with Crippen LogP contribution in [0.5, 0.6) is 0 Å². The van der Waals surface area contributed by atoms with Crippen molar-refractivity contribution in [2.45, 2.75) is 71.9 Å². The van der Waals surface area contributed by atoms with E-state index in [0.717, 1.165) is 81.2 Å². The number of carbonyl (C=O) groups excluding carboxylic acids is 2. The van der Waals surface area contributed by atoms with Crippen LogP contribution in [0.3, 0.4) is 0 Å². The number of rotatable bonds is 7. The maximum Gasteiger partial charge on any atom is 0.257 e. The van der Waals surface area contributed by atoms with Gasteiger partial charge in [0.2, 0.25) is 0 Å². The number of fused-ring (bicyclic) bond motifs is 2. The van der Waals surface area contributed by atoms with Gasteiger partial charge in [0.1, 0.15) is 11.5 Å². The molecule has 1 N–H and O–H groups in total. The van der Waals surface area contributed by atoms with E-state index in [0.29, 0.717) is 28.3 Å². The molecule has 1 amide bonds. The zero-order chi connectivity index (χ0) is 32.6. The standard InChI is InChI=1S/C39H40N6O2S/c1-23-31(20-40-45(23)22-39-17-25-14-26(18-39)16-27(15-25)19-39)29-10-11-35(42-36(29)24(2)46)44-13-12-28-6-5-7-30(32(28)21-44)37(47)43-38-41-33-8-3-4-9-34(33)48-38/h3-11,20,25-27H,12-19,21-22H2,1-2H3,(H,41,43,47). The first-order valence-electron chi connectivity index (χ1n) is 17.4. The van der Waals surface area contributed by atoms with E-state index in [-0.39, 0.29) is 11.7 Å². The van der Waals surface area contributed by atoms with E-state index in [2.05, 4.69) is 32.9 Å². The quantitative estimate of drug-likeness (QED) is 0.178. The number of thiazole rings is 1. The Labute approximate surface area is 284 Å². The average Bonchev–Trinajstić information content (AvgIpc) is 3.65. The van der Waals surface area contributed by atoms with Crippen molar-refractivity contribution in [3.8, 4) is 11.1 Å². The Morgan fingerprint density at radius 1 is 0.938 bits per heavy atom. The largest absolute Gasteiger partial charge is 0.352 e. The van der Waals surface area contributed by atoms with Gasteiger partial charge in [-0.05, 0) is 116 Å². The molecule has 2 aromatic carbocycles. The fourth-order valence-corrected chi connectivity index (χ4v) is 10.7. The lowest BCUT2D eigenvalue weighted by atomic mass is 9.49. The van der Waals surface area contributed by atoms with Gasteiger partial charge >= 0.3 is 0 Å². The Bertz CT molecular complexity index is 2030. The van der Waals surface area contributed by atoms with Crippen LogP contribution >= 0.6 is 11.3 Å². The summed E-state index contributed by atoms with van der Waals surface area (Å²) in [5.41, 5.74) is 7.45. The lowest BCUT2D eigenvalue weighted by Gasteiger charge is -2.56. The number of Topliss-reactive ketones (excluding diaryl/α,β-unsaturated/α-hetero) is 1. The summed E-state index contributed by atoms with van der Waals surface area (Å²) in [4.78, 5) is 38.4. The molecule has 4 fully saturated rings. The molecule has 3 aromatic heterocycles. The molecule has 0 radical (unpaired) electrons. The summed E-state index contributed by atoms with van der Waals surface area (Å²) < 4.78 is 3.25. The van der Waals surface area contributed by atoms with Gasteiger partial charge in [0, 0.05) is 48.9 Å². The van der Waals surface area contributed by atoms with E-state index in [9.17, 15) is 9.59 Å². The zero-order valence-electron chi connectivity index (χ0n) is 27.5. The Morgan fingerprint density at radius 2 is 1.71 bits per heavy atom. The highest BCUT2D eigenvalue weighted by Gasteiger charge is 2.51. The number of amides is 1. The van der Waals surface area contributed by atoms with Crippen LogP contribution in [-0.2, 0) is 19.5 Å². The van der Waals surface area contributed by atoms with Crippen molar-refractivity contribution < 1.29 is 9.59 Å². The molecule has 5 aliphatic rings. The summed E-state index contributed by atoms with van der Waals surface area (Å²) in [7, 11) is 0. The van der Waals surface area contributed by atoms with E-state index < -0.39 is 0 Å². The van der Waals surface area contributed by atoms with Gasteiger partial charge in [-0.3, -0.25) is 19.6 Å². The average molecular weight is 657 g/mol. The first-order chi connectivity index (χ1) is 23.3. The molecule has 10 rings (SSSR count). The molecule has 4 bridgehead atoms. The van der Waals surface area contributed by atoms with E-state index in [1.807, 2.05) is 54.7 Å². The first-order valence-corrected chi connectivity index (χ1v) is 18.2. The number of anilines is 2. The van der Waals surface area contributed by atoms with Crippen molar-refractivity contribution in [1.29, 1.82) is 0 Å². The van der Waals surface area contributed by atoms with Crippen LogP contribution in [0.1, 0.15) is 83.1 Å². The minimum Gasteiger partial charge on any atom is -0.352 e. The van der Waals surface area contributed by atoms with Gasteiger partial charge in [0.05, 0.1) is 16.4 Å². The molecule has 4 saturated carbocycles. The number of hydrogen-bond donors (Lipinski definition) is 1. The highest BCUT2D eigenvalue weighted by Crippen LogP contribution is 2.60. The molecule has 1 aliphatic heterocycles. The molecule has 0 saturated heterocycles. The number of hydrogen-bond acceptors (Lipinski definition) is 7. The van der Waals surface area contributed by atoms with E-state index in [1.165, 1.54) is 49.9 Å². The van der Waals surface area contributed by atoms with Gasteiger partial charge in [-0.15, -0.1) is 0 Å². The van der Waals surface area contributed by atoms with Gasteiger partial charge in [-0.25, -0.2) is 9.97 Å². The third kappa shape index (κ3) is 5.14. The van der Waals surface area contributed by atoms with Crippen LogP contribution in [0.15, 0.2) is 60.8 Å². The van der Waals surface area contributed by atoms with Crippen molar-refractivity contribution in [3.63, 3.8) is 0 Å². The highest BCUT2D eigenvalue weighted by molar-refractivity contribution is 7.22. The summed E-state index contributed by atoms with van der Waals surface area (Å²) >= 11 is 1.47. The molecule has 0 atom stereocenters. The lowest BCUT2D eigenvalue weighted by Crippen LogP contribution is -2.48. The molecule has 4 heterocycles. The molecule has 0 unspecified atom stereocenters. The number of ketones is 1. The van der Waals surface area contributed by atoms with E-state index in [4.69, 9.17) is 10.1 Å². The van der Waals surface area contributed by atoms with Gasteiger partial charge in [-0.2, -0.15) is 5.10 Å². The van der Waals surface area contributed by atoms with Crippen LogP contribution in [0, 0.1) is 30.1 Å². The highest BCUT2D eigenvalue weighted by atomic mass is 32.1. The Balaban J connectivity index is 0.970. The van der Waals surface area contributed by atoms with Gasteiger partial charge in [0.25, 0.3) is 5.91 Å². The molecule has 244 valence electrons. The second-order valence-electron chi connectivity index (χ2n) is 14.9. The lowest BCUT2D eigenvalue weighted by molar-refractivity contribution is -0.0638. The molecule has 0 spiro atoms. The van der Waals surface area contributed by atoms with Crippen molar-refractivity contribution >= 4 is 44.2 Å². The van der Waals surface area contributed by atoms with Gasteiger partial charge in [0.15, 0.2) is 10.9 Å². The molecule has 4 aliphatic carbocycles. The monoisotopic (exact) mass is 656 g/mol. The summed E-state index contributed by atoms with van der Waals surface area (Å²) in [6.45, 7) is 6.00. The number of carbonyl (C=O) groups is 2. The summed E-state index contributed by atoms with van der Waals surface area (Å²) in [5, 5.41) is 8.52. The van der Waals surface area contributed by atoms with Crippen molar-refractivity contribution in [2.24, 2.45) is 23.2 Å². The van der Waals surface area contributed by atoms with Crippen LogP contribution in [0.2, 0.25) is 0 Å². The number of nitrogens with one attached hydrogen (secondary N) is 1. The fraction of sp³-hybridized carbons (Fsp3) is 0.410. The number of para-hydroxylation sites is 1. The zero-order valence-corrected chi connectivity index (χ0v) is 28.4. The fourth-order valence-electron chi connectivity index (χ4n) is 9.86. The Morgan fingerprint density at radius 3 is 2.46 bits per heavy atom. The summed E-state index contributed by atoms with van der Waals surface area (Å²) in [5.74, 6) is 3.22. The maximum absolute atomic E-state index is 13.6. The maximum atomic E-state index is 13.6. The van der Waals surface area contributed by atoms with Gasteiger partial charge < -0.3 is 4.90 Å². The smallest absolute Gasteiger partial charge is 0.257 e. The number of benzene rings is 2. The molecular weight excluding hydrogens is 617 g/mol.